The number of hydrogen-bond donors (Lipinski definition) is 2. The Bertz CT molecular complexity index is 1300. The lowest BCUT2D eigenvalue weighted by Crippen LogP contribution is -2.35. The summed E-state index contributed by atoms with van der Waals surface area (Å²) in [5.41, 5.74) is 6.56. The van der Waals surface area contributed by atoms with Crippen LogP contribution in [0, 0.1) is 6.92 Å². The number of rotatable bonds is 8. The van der Waals surface area contributed by atoms with Gasteiger partial charge in [0.15, 0.2) is 0 Å². The lowest BCUT2D eigenvalue weighted by molar-refractivity contribution is 0.0724. The van der Waals surface area contributed by atoms with E-state index in [9.17, 15) is 13.2 Å². The molecule has 0 atom stereocenters. The van der Waals surface area contributed by atoms with Gasteiger partial charge in [-0.3, -0.25) is 9.52 Å². The standard InChI is InChI=1S/C28H33N3O3S/c1-21-9-4-5-12-27(21)24-11-8-10-22(15-24)19-29-20-23-16-25(18-26(17-23)30-35(2,33)34)28(32)31-13-6-3-7-14-31/h4-5,8-12,15-18,29-30H,3,6-7,13-14,19-20H2,1-2H3. The number of piperidine rings is 1. The third kappa shape index (κ3) is 6.93. The number of nitrogens with one attached hydrogen (secondary N) is 2. The average molecular weight is 492 g/mol. The van der Waals surface area contributed by atoms with E-state index in [1.54, 1.807) is 12.1 Å². The summed E-state index contributed by atoms with van der Waals surface area (Å²) in [6.45, 7) is 4.76. The first-order valence-electron chi connectivity index (χ1n) is 12.1. The summed E-state index contributed by atoms with van der Waals surface area (Å²) < 4.78 is 26.2. The van der Waals surface area contributed by atoms with Crippen molar-refractivity contribution in [2.24, 2.45) is 0 Å². The summed E-state index contributed by atoms with van der Waals surface area (Å²) in [7, 11) is -3.45. The van der Waals surface area contributed by atoms with Gasteiger partial charge < -0.3 is 10.2 Å². The van der Waals surface area contributed by atoms with E-state index in [0.29, 0.717) is 24.3 Å². The van der Waals surface area contributed by atoms with E-state index in [0.717, 1.165) is 49.7 Å². The first-order valence-corrected chi connectivity index (χ1v) is 13.9. The fourth-order valence-corrected chi connectivity index (χ4v) is 5.11. The zero-order valence-corrected chi connectivity index (χ0v) is 21.2. The molecule has 2 N–H and O–H groups in total. The summed E-state index contributed by atoms with van der Waals surface area (Å²) >= 11 is 0. The van der Waals surface area contributed by atoms with Crippen molar-refractivity contribution in [1.82, 2.24) is 10.2 Å². The van der Waals surface area contributed by atoms with Crippen molar-refractivity contribution in [3.05, 3.63) is 89.0 Å². The maximum absolute atomic E-state index is 13.1. The van der Waals surface area contributed by atoms with Gasteiger partial charge in [-0.15, -0.1) is 0 Å². The van der Waals surface area contributed by atoms with E-state index in [-0.39, 0.29) is 5.91 Å². The molecule has 1 aliphatic rings. The highest BCUT2D eigenvalue weighted by Gasteiger charge is 2.19. The number of amides is 1. The molecule has 0 spiro atoms. The molecule has 0 saturated carbocycles. The Morgan fingerprint density at radius 3 is 2.37 bits per heavy atom. The van der Waals surface area contributed by atoms with Crippen LogP contribution in [0.2, 0.25) is 0 Å². The number of carbonyl (C=O) groups is 1. The van der Waals surface area contributed by atoms with Crippen molar-refractivity contribution in [1.29, 1.82) is 0 Å². The van der Waals surface area contributed by atoms with Gasteiger partial charge in [-0.05, 0) is 78.3 Å². The van der Waals surface area contributed by atoms with Gasteiger partial charge in [0.05, 0.1) is 6.26 Å². The monoisotopic (exact) mass is 491 g/mol. The maximum atomic E-state index is 13.1. The lowest BCUT2D eigenvalue weighted by Gasteiger charge is -2.27. The van der Waals surface area contributed by atoms with E-state index in [4.69, 9.17) is 0 Å². The molecule has 1 saturated heterocycles. The smallest absolute Gasteiger partial charge is 0.253 e. The van der Waals surface area contributed by atoms with Crippen LogP contribution < -0.4 is 10.0 Å². The van der Waals surface area contributed by atoms with Crippen LogP contribution >= 0.6 is 0 Å². The predicted octanol–water partition coefficient (Wildman–Crippen LogP) is 4.95. The minimum absolute atomic E-state index is 0.0472. The topological polar surface area (TPSA) is 78.5 Å². The van der Waals surface area contributed by atoms with Crippen LogP contribution in [0.15, 0.2) is 66.7 Å². The van der Waals surface area contributed by atoms with Crippen LogP contribution in [0.5, 0.6) is 0 Å². The van der Waals surface area contributed by atoms with Crippen molar-refractivity contribution in [3.63, 3.8) is 0 Å². The summed E-state index contributed by atoms with van der Waals surface area (Å²) in [6, 6.07) is 22.1. The SMILES string of the molecule is Cc1ccccc1-c1cccc(CNCc2cc(NS(C)(=O)=O)cc(C(=O)N3CCCCC3)c2)c1. The summed E-state index contributed by atoms with van der Waals surface area (Å²) in [5.74, 6) is -0.0472. The van der Waals surface area contributed by atoms with Gasteiger partial charge in [-0.1, -0.05) is 42.5 Å². The minimum atomic E-state index is -3.45. The molecule has 0 unspecified atom stereocenters. The highest BCUT2D eigenvalue weighted by atomic mass is 32.2. The number of aryl methyl sites for hydroxylation is 1. The second kappa shape index (κ2) is 11.1. The van der Waals surface area contributed by atoms with Gasteiger partial charge in [0.2, 0.25) is 10.0 Å². The average Bonchev–Trinajstić information content (AvgIpc) is 2.83. The number of sulfonamides is 1. The Kier molecular flexibility index (Phi) is 7.88. The molecule has 1 fully saturated rings. The van der Waals surface area contributed by atoms with Crippen molar-refractivity contribution >= 4 is 21.6 Å². The molecule has 0 radical (unpaired) electrons. The molecule has 7 heteroatoms. The highest BCUT2D eigenvalue weighted by molar-refractivity contribution is 7.92. The number of nitrogens with zero attached hydrogens (tertiary/aromatic N) is 1. The van der Waals surface area contributed by atoms with Gasteiger partial charge in [0.25, 0.3) is 5.91 Å². The molecule has 1 aliphatic heterocycles. The first-order chi connectivity index (χ1) is 16.8. The molecular weight excluding hydrogens is 458 g/mol. The van der Waals surface area contributed by atoms with Crippen LogP contribution in [0.4, 0.5) is 5.69 Å². The Hall–Kier alpha value is -3.16. The molecule has 1 amide bonds. The lowest BCUT2D eigenvalue weighted by atomic mass is 9.99. The maximum Gasteiger partial charge on any atom is 0.253 e. The molecule has 35 heavy (non-hydrogen) atoms. The minimum Gasteiger partial charge on any atom is -0.339 e. The number of anilines is 1. The van der Waals surface area contributed by atoms with Crippen LogP contribution in [0.25, 0.3) is 11.1 Å². The van der Waals surface area contributed by atoms with Crippen LogP contribution in [0.1, 0.15) is 46.3 Å². The molecule has 0 aliphatic carbocycles. The van der Waals surface area contributed by atoms with E-state index < -0.39 is 10.0 Å². The molecule has 6 nitrogen and oxygen atoms in total. The van der Waals surface area contributed by atoms with Crippen molar-refractivity contribution in [3.8, 4) is 11.1 Å². The van der Waals surface area contributed by atoms with Gasteiger partial charge in [0, 0.05) is 37.4 Å². The molecule has 184 valence electrons. The molecule has 4 rings (SSSR count). The quantitative estimate of drug-likeness (QED) is 0.467. The largest absolute Gasteiger partial charge is 0.339 e. The van der Waals surface area contributed by atoms with Crippen LogP contribution in [-0.2, 0) is 23.1 Å². The fraction of sp³-hybridized carbons (Fsp3) is 0.321. The van der Waals surface area contributed by atoms with Gasteiger partial charge in [0.1, 0.15) is 0 Å². The van der Waals surface area contributed by atoms with Crippen LogP contribution in [-0.4, -0.2) is 38.6 Å². The second-order valence-corrected chi connectivity index (χ2v) is 11.0. The molecular formula is C28H33N3O3S. The van der Waals surface area contributed by atoms with Gasteiger partial charge in [-0.2, -0.15) is 0 Å². The first kappa shape index (κ1) is 24.9. The zero-order valence-electron chi connectivity index (χ0n) is 20.4. The van der Waals surface area contributed by atoms with E-state index >= 15 is 0 Å². The molecule has 0 bridgehead atoms. The number of carbonyl (C=O) groups excluding carboxylic acids is 1. The Balaban J connectivity index is 1.49. The Morgan fingerprint density at radius 2 is 1.63 bits per heavy atom. The second-order valence-electron chi connectivity index (χ2n) is 9.26. The third-order valence-electron chi connectivity index (χ3n) is 6.23. The third-order valence-corrected chi connectivity index (χ3v) is 6.83. The molecule has 3 aromatic carbocycles. The van der Waals surface area contributed by atoms with Gasteiger partial charge in [-0.25, -0.2) is 8.42 Å². The predicted molar refractivity (Wildman–Crippen MR) is 142 cm³/mol. The van der Waals surface area contributed by atoms with E-state index in [1.807, 2.05) is 23.1 Å². The van der Waals surface area contributed by atoms with Crippen molar-refractivity contribution in [2.75, 3.05) is 24.1 Å². The molecule has 1 heterocycles. The number of likely N-dealkylation sites (tertiary alicyclic amines) is 1. The van der Waals surface area contributed by atoms with E-state index in [1.165, 1.54) is 16.7 Å². The number of hydrogen-bond acceptors (Lipinski definition) is 4. The van der Waals surface area contributed by atoms with Crippen molar-refractivity contribution in [2.45, 2.75) is 39.3 Å². The van der Waals surface area contributed by atoms with Gasteiger partial charge >= 0.3 is 0 Å². The summed E-state index contributed by atoms with van der Waals surface area (Å²) in [6.07, 6.45) is 4.26. The zero-order chi connectivity index (χ0) is 24.8. The highest BCUT2D eigenvalue weighted by Crippen LogP contribution is 2.24. The fourth-order valence-electron chi connectivity index (χ4n) is 4.57. The molecule has 3 aromatic rings. The normalized spacial score (nSPS) is 14.1. The van der Waals surface area contributed by atoms with Crippen LogP contribution in [0.3, 0.4) is 0 Å². The Morgan fingerprint density at radius 1 is 0.886 bits per heavy atom. The van der Waals surface area contributed by atoms with Crippen molar-refractivity contribution < 1.29 is 13.2 Å². The summed E-state index contributed by atoms with van der Waals surface area (Å²) in [5, 5.41) is 3.44. The Labute approximate surface area is 208 Å². The summed E-state index contributed by atoms with van der Waals surface area (Å²) in [4.78, 5) is 15.0. The molecule has 0 aromatic heterocycles. The van der Waals surface area contributed by atoms with E-state index in [2.05, 4.69) is 53.4 Å². The number of benzene rings is 3.